The molecule has 10 heteroatoms. The van der Waals surface area contributed by atoms with Crippen LogP contribution in [-0.4, -0.2) is 34.6 Å². The zero-order valence-corrected chi connectivity index (χ0v) is 15.1. The van der Waals surface area contributed by atoms with Crippen molar-refractivity contribution < 1.29 is 19.2 Å². The molecule has 142 valence electrons. The highest BCUT2D eigenvalue weighted by atomic mass is 35.5. The number of hydrogen-bond donors (Lipinski definition) is 0. The normalized spacial score (nSPS) is 27.5. The predicted octanol–water partition coefficient (Wildman–Crippen LogP) is 2.29. The average molecular weight is 401 g/mol. The lowest BCUT2D eigenvalue weighted by Crippen LogP contribution is -2.28. The van der Waals surface area contributed by atoms with E-state index in [-0.39, 0.29) is 40.0 Å². The van der Waals surface area contributed by atoms with Gasteiger partial charge in [0.1, 0.15) is 6.07 Å². The highest BCUT2D eigenvalue weighted by Gasteiger charge is 2.59. The third kappa shape index (κ3) is 2.73. The maximum atomic E-state index is 12.7. The molecule has 1 aromatic carbocycles. The van der Waals surface area contributed by atoms with E-state index in [0.29, 0.717) is 0 Å². The van der Waals surface area contributed by atoms with Gasteiger partial charge in [-0.15, -0.1) is 0 Å². The van der Waals surface area contributed by atoms with E-state index in [1.54, 1.807) is 6.07 Å². The van der Waals surface area contributed by atoms with Crippen LogP contribution >= 0.6 is 11.6 Å². The van der Waals surface area contributed by atoms with Gasteiger partial charge < -0.3 is 4.74 Å². The summed E-state index contributed by atoms with van der Waals surface area (Å²) in [5.74, 6) is -1.66. The molecule has 0 aromatic heterocycles. The number of fused-ring (bicyclic) bond motifs is 5. The first-order chi connectivity index (χ1) is 13.4. The summed E-state index contributed by atoms with van der Waals surface area (Å²) >= 11 is 5.93. The van der Waals surface area contributed by atoms with Crippen LogP contribution in [0, 0.1) is 45.1 Å². The Hall–Kier alpha value is -3.25. The standard InChI is InChI=1S/C18H13ClN4O5/c19-12-6-11(16(28-4-3-20)13(7-12)23(26)27)8-21-22-17(24)14-9-1-2-10(5-9)15(14)18(22)25/h1-2,6-10,14-15H,4-5H2. The Balaban J connectivity index is 1.67. The van der Waals surface area contributed by atoms with Gasteiger partial charge in [-0.05, 0) is 24.3 Å². The highest BCUT2D eigenvalue weighted by molar-refractivity contribution is 6.31. The Morgan fingerprint density at radius 1 is 1.32 bits per heavy atom. The van der Waals surface area contributed by atoms with Gasteiger partial charge in [0, 0.05) is 16.7 Å². The van der Waals surface area contributed by atoms with Crippen LogP contribution in [0.25, 0.3) is 0 Å². The van der Waals surface area contributed by atoms with E-state index in [2.05, 4.69) is 5.10 Å². The van der Waals surface area contributed by atoms with Crippen LogP contribution in [0.5, 0.6) is 5.75 Å². The van der Waals surface area contributed by atoms with Crippen molar-refractivity contribution in [3.63, 3.8) is 0 Å². The summed E-state index contributed by atoms with van der Waals surface area (Å²) in [6.45, 7) is -0.427. The Bertz CT molecular complexity index is 968. The van der Waals surface area contributed by atoms with E-state index < -0.39 is 29.1 Å². The predicted molar refractivity (Wildman–Crippen MR) is 96.4 cm³/mol. The first kappa shape index (κ1) is 18.1. The number of amides is 2. The number of nitro benzene ring substituents is 1. The molecular weight excluding hydrogens is 388 g/mol. The van der Waals surface area contributed by atoms with Gasteiger partial charge in [0.05, 0.1) is 23.0 Å². The van der Waals surface area contributed by atoms with Crippen molar-refractivity contribution in [2.75, 3.05) is 6.61 Å². The number of nitro groups is 1. The summed E-state index contributed by atoms with van der Waals surface area (Å²) in [5, 5.41) is 24.8. The molecule has 1 saturated heterocycles. The van der Waals surface area contributed by atoms with Crippen molar-refractivity contribution in [3.05, 3.63) is 45.0 Å². The molecule has 1 saturated carbocycles. The number of benzene rings is 1. The second-order valence-corrected chi connectivity index (χ2v) is 7.22. The van der Waals surface area contributed by atoms with Gasteiger partial charge in [0.25, 0.3) is 11.8 Å². The van der Waals surface area contributed by atoms with Gasteiger partial charge in [-0.1, -0.05) is 23.8 Å². The Morgan fingerprint density at radius 3 is 2.54 bits per heavy atom. The smallest absolute Gasteiger partial charge is 0.313 e. The molecule has 0 spiro atoms. The molecule has 1 heterocycles. The number of nitrogens with zero attached hydrogens (tertiary/aromatic N) is 4. The van der Waals surface area contributed by atoms with Crippen molar-refractivity contribution in [3.8, 4) is 11.8 Å². The van der Waals surface area contributed by atoms with Crippen LogP contribution in [-0.2, 0) is 9.59 Å². The highest BCUT2D eigenvalue weighted by Crippen LogP contribution is 2.52. The summed E-state index contributed by atoms with van der Waals surface area (Å²) < 4.78 is 5.17. The summed E-state index contributed by atoms with van der Waals surface area (Å²) in [6, 6.07) is 4.17. The fraction of sp³-hybridized carbons (Fsp3) is 0.333. The molecule has 4 unspecified atom stereocenters. The number of imide groups is 1. The first-order valence-electron chi connectivity index (χ1n) is 8.50. The average Bonchev–Trinajstić information content (AvgIpc) is 3.33. The maximum absolute atomic E-state index is 12.7. The van der Waals surface area contributed by atoms with E-state index in [4.69, 9.17) is 21.6 Å². The second-order valence-electron chi connectivity index (χ2n) is 6.78. The number of hydrogen-bond acceptors (Lipinski definition) is 7. The van der Waals surface area contributed by atoms with Gasteiger partial charge in [-0.3, -0.25) is 19.7 Å². The molecule has 2 bridgehead atoms. The zero-order valence-electron chi connectivity index (χ0n) is 14.3. The quantitative estimate of drug-likeness (QED) is 0.245. The number of nitriles is 1. The number of ether oxygens (including phenoxy) is 1. The van der Waals surface area contributed by atoms with E-state index in [9.17, 15) is 19.7 Å². The molecule has 4 atom stereocenters. The topological polar surface area (TPSA) is 126 Å². The molecule has 28 heavy (non-hydrogen) atoms. The van der Waals surface area contributed by atoms with Gasteiger partial charge in [-0.25, -0.2) is 0 Å². The molecule has 2 aliphatic carbocycles. The third-order valence-electron chi connectivity index (χ3n) is 5.30. The lowest BCUT2D eigenvalue weighted by atomic mass is 9.85. The van der Waals surface area contributed by atoms with Crippen LogP contribution in [0.2, 0.25) is 5.02 Å². The number of halogens is 1. The number of allylic oxidation sites excluding steroid dienone is 2. The Kier molecular flexibility index (Phi) is 4.35. The van der Waals surface area contributed by atoms with Crippen molar-refractivity contribution >= 4 is 35.3 Å². The lowest BCUT2D eigenvalue weighted by Gasteiger charge is -2.13. The fourth-order valence-electron chi connectivity index (χ4n) is 4.21. The summed E-state index contributed by atoms with van der Waals surface area (Å²) in [7, 11) is 0. The summed E-state index contributed by atoms with van der Waals surface area (Å²) in [5.41, 5.74) is -0.351. The van der Waals surface area contributed by atoms with Crippen molar-refractivity contribution in [1.29, 1.82) is 5.26 Å². The minimum absolute atomic E-state index is 0.0495. The SMILES string of the molecule is N#CCOc1c(C=NN2C(=O)C3C4C=CC(C4)C3C2=O)cc(Cl)cc1[N+](=O)[O-]. The lowest BCUT2D eigenvalue weighted by molar-refractivity contribution is -0.385. The first-order valence-corrected chi connectivity index (χ1v) is 8.88. The van der Waals surface area contributed by atoms with Gasteiger partial charge in [-0.2, -0.15) is 15.4 Å². The largest absolute Gasteiger partial charge is 0.471 e. The molecular formula is C18H13ClN4O5. The molecule has 0 N–H and O–H groups in total. The molecule has 3 aliphatic rings. The van der Waals surface area contributed by atoms with Crippen molar-refractivity contribution in [1.82, 2.24) is 5.01 Å². The minimum atomic E-state index is -0.699. The number of carbonyl (C=O) groups excluding carboxylic acids is 2. The van der Waals surface area contributed by atoms with E-state index in [1.807, 2.05) is 12.2 Å². The van der Waals surface area contributed by atoms with Crippen LogP contribution in [0.3, 0.4) is 0 Å². The second kappa shape index (κ2) is 6.73. The number of rotatable bonds is 5. The third-order valence-corrected chi connectivity index (χ3v) is 5.52. The van der Waals surface area contributed by atoms with Gasteiger partial charge in [0.15, 0.2) is 6.61 Å². The van der Waals surface area contributed by atoms with E-state index in [0.717, 1.165) is 23.7 Å². The minimum Gasteiger partial charge on any atom is -0.471 e. The summed E-state index contributed by atoms with van der Waals surface area (Å²) in [4.78, 5) is 35.9. The maximum Gasteiger partial charge on any atom is 0.313 e. The molecule has 9 nitrogen and oxygen atoms in total. The number of carbonyl (C=O) groups is 2. The van der Waals surface area contributed by atoms with Crippen LogP contribution in [0.15, 0.2) is 29.4 Å². The van der Waals surface area contributed by atoms with Crippen LogP contribution in [0.4, 0.5) is 5.69 Å². The molecule has 0 radical (unpaired) electrons. The Morgan fingerprint density at radius 2 is 1.96 bits per heavy atom. The monoisotopic (exact) mass is 400 g/mol. The fourth-order valence-corrected chi connectivity index (χ4v) is 4.43. The van der Waals surface area contributed by atoms with Gasteiger partial charge >= 0.3 is 5.69 Å². The molecule has 1 aliphatic heterocycles. The van der Waals surface area contributed by atoms with E-state index >= 15 is 0 Å². The zero-order chi connectivity index (χ0) is 20.0. The Labute approximate surface area is 164 Å². The molecule has 2 fully saturated rings. The van der Waals surface area contributed by atoms with Crippen molar-refractivity contribution in [2.24, 2.45) is 28.8 Å². The van der Waals surface area contributed by atoms with Crippen molar-refractivity contribution in [2.45, 2.75) is 6.42 Å². The van der Waals surface area contributed by atoms with E-state index in [1.165, 1.54) is 6.07 Å². The summed E-state index contributed by atoms with van der Waals surface area (Å²) in [6.07, 6.45) is 5.87. The van der Waals surface area contributed by atoms with Gasteiger partial charge in [0.2, 0.25) is 5.75 Å². The molecule has 2 amide bonds. The molecule has 4 rings (SSSR count). The molecule has 1 aromatic rings. The van der Waals surface area contributed by atoms with Crippen LogP contribution in [0.1, 0.15) is 12.0 Å². The number of hydrazone groups is 1. The van der Waals surface area contributed by atoms with Crippen LogP contribution < -0.4 is 4.74 Å².